The van der Waals surface area contributed by atoms with E-state index in [1.807, 2.05) is 0 Å². The first-order valence-corrected chi connectivity index (χ1v) is 14.3. The molecule has 0 aliphatic carbocycles. The van der Waals surface area contributed by atoms with Crippen molar-refractivity contribution in [2.24, 2.45) is 0 Å². The van der Waals surface area contributed by atoms with Crippen LogP contribution in [0.15, 0.2) is 30.3 Å². The molecule has 2 unspecified atom stereocenters. The Bertz CT molecular complexity index is 1350. The van der Waals surface area contributed by atoms with Gasteiger partial charge in [0, 0.05) is 35.7 Å². The highest BCUT2D eigenvalue weighted by molar-refractivity contribution is 7.70. The van der Waals surface area contributed by atoms with Gasteiger partial charge in [-0.25, -0.2) is 23.1 Å². The number of anilines is 2. The Balaban J connectivity index is 2.12. The average molecular weight is 562 g/mol. The van der Waals surface area contributed by atoms with Gasteiger partial charge in [0.05, 0.1) is 17.1 Å². The first kappa shape index (κ1) is 29.7. The number of ether oxygens (including phenoxy) is 1. The largest absolute Gasteiger partial charge is 0.408 e. The molecule has 208 valence electrons. The van der Waals surface area contributed by atoms with Crippen molar-refractivity contribution in [2.45, 2.75) is 45.0 Å². The predicted molar refractivity (Wildman–Crippen MR) is 137 cm³/mol. The Kier molecular flexibility index (Phi) is 8.98. The number of methoxy groups -OCH3 is 1. The molecule has 13 heteroatoms. The molecule has 0 radical (unpaired) electrons. The summed E-state index contributed by atoms with van der Waals surface area (Å²) in [6.07, 6.45) is -7.96. The van der Waals surface area contributed by atoms with Crippen LogP contribution in [-0.4, -0.2) is 49.2 Å². The van der Waals surface area contributed by atoms with E-state index in [0.717, 1.165) is 6.07 Å². The molecule has 0 amide bonds. The van der Waals surface area contributed by atoms with E-state index >= 15 is 0 Å². The zero-order valence-corrected chi connectivity index (χ0v) is 22.4. The second kappa shape index (κ2) is 11.5. The van der Waals surface area contributed by atoms with Crippen LogP contribution < -0.4 is 15.9 Å². The number of fused-ring (bicyclic) bond motifs is 1. The Hall–Kier alpha value is -2.85. The van der Waals surface area contributed by atoms with E-state index in [-0.39, 0.29) is 46.7 Å². The zero-order chi connectivity index (χ0) is 28.4. The number of halogens is 6. The zero-order valence-electron chi connectivity index (χ0n) is 21.5. The smallest absolute Gasteiger partial charge is 0.385 e. The minimum atomic E-state index is -4.60. The first-order chi connectivity index (χ1) is 17.6. The van der Waals surface area contributed by atoms with Crippen LogP contribution in [0.25, 0.3) is 10.9 Å². The highest BCUT2D eigenvalue weighted by atomic mass is 31.2. The van der Waals surface area contributed by atoms with E-state index in [2.05, 4.69) is 20.6 Å². The molecule has 38 heavy (non-hydrogen) atoms. The number of aryl methyl sites for hydroxylation is 1. The molecule has 1 heterocycles. The van der Waals surface area contributed by atoms with Gasteiger partial charge in [0.25, 0.3) is 6.43 Å². The normalized spacial score (nSPS) is 14.1. The van der Waals surface area contributed by atoms with E-state index in [9.17, 15) is 30.9 Å². The van der Waals surface area contributed by atoms with Crippen LogP contribution in [0.3, 0.4) is 0 Å². The molecule has 3 aromatic rings. The number of hydrogen-bond donors (Lipinski definition) is 2. The van der Waals surface area contributed by atoms with Gasteiger partial charge in [0.15, 0.2) is 0 Å². The lowest BCUT2D eigenvalue weighted by atomic mass is 10.0. The maximum atomic E-state index is 14.8. The molecule has 2 aromatic carbocycles. The topological polar surface area (TPSA) is 76.1 Å². The molecule has 0 spiro atoms. The van der Waals surface area contributed by atoms with Crippen LogP contribution in [0.2, 0.25) is 0 Å². The van der Waals surface area contributed by atoms with Gasteiger partial charge in [-0.3, -0.25) is 0 Å². The number of benzene rings is 2. The van der Waals surface area contributed by atoms with Gasteiger partial charge in [0.1, 0.15) is 30.6 Å². The minimum Gasteiger partial charge on any atom is -0.385 e. The number of rotatable bonds is 10. The van der Waals surface area contributed by atoms with Crippen LogP contribution in [0, 0.1) is 12.7 Å². The maximum absolute atomic E-state index is 14.8. The molecule has 1 aromatic heterocycles. The minimum absolute atomic E-state index is 0.0111. The van der Waals surface area contributed by atoms with Crippen molar-refractivity contribution in [1.82, 2.24) is 9.97 Å². The lowest BCUT2D eigenvalue weighted by Crippen LogP contribution is -2.38. The molecular weight excluding hydrogens is 533 g/mol. The molecule has 6 nitrogen and oxygen atoms in total. The molecule has 0 saturated heterocycles. The van der Waals surface area contributed by atoms with Crippen molar-refractivity contribution in [3.05, 3.63) is 53.1 Å². The van der Waals surface area contributed by atoms with E-state index < -0.39 is 43.2 Å². The summed E-state index contributed by atoms with van der Waals surface area (Å²) in [6, 6.07) is 3.74. The van der Waals surface area contributed by atoms with Crippen molar-refractivity contribution < 1.29 is 35.6 Å². The SMILES string of the molecule is COCCC(Nc1cc2nc(C)nc(NC(C)c3cccc(C(F)F)c3F)c2cc1P(C)(C)=O)C(F)(F)F. The molecule has 0 aliphatic rings. The predicted octanol–water partition coefficient (Wildman–Crippen LogP) is 6.82. The Morgan fingerprint density at radius 1 is 1.08 bits per heavy atom. The van der Waals surface area contributed by atoms with Crippen molar-refractivity contribution >= 4 is 34.9 Å². The van der Waals surface area contributed by atoms with Crippen LogP contribution in [0.4, 0.5) is 37.8 Å². The van der Waals surface area contributed by atoms with Gasteiger partial charge in [-0.15, -0.1) is 0 Å². The second-order valence-corrected chi connectivity index (χ2v) is 12.5. The van der Waals surface area contributed by atoms with E-state index in [4.69, 9.17) is 4.74 Å². The molecular formula is C25H29F6N4O2P. The Morgan fingerprint density at radius 2 is 1.74 bits per heavy atom. The van der Waals surface area contributed by atoms with Crippen LogP contribution in [-0.2, 0) is 9.30 Å². The first-order valence-electron chi connectivity index (χ1n) is 11.7. The summed E-state index contributed by atoms with van der Waals surface area (Å²) in [5.74, 6) is -0.601. The average Bonchev–Trinajstić information content (AvgIpc) is 2.79. The van der Waals surface area contributed by atoms with Gasteiger partial charge in [-0.2, -0.15) is 13.2 Å². The van der Waals surface area contributed by atoms with Crippen molar-refractivity contribution in [3.8, 4) is 0 Å². The lowest BCUT2D eigenvalue weighted by molar-refractivity contribution is -0.145. The highest BCUT2D eigenvalue weighted by Gasteiger charge is 2.40. The van der Waals surface area contributed by atoms with Gasteiger partial charge < -0.3 is 19.9 Å². The van der Waals surface area contributed by atoms with Crippen molar-refractivity contribution in [2.75, 3.05) is 37.7 Å². The molecule has 0 bridgehead atoms. The number of hydrogen-bond acceptors (Lipinski definition) is 6. The molecule has 0 aliphatic heterocycles. The Labute approximate surface area is 216 Å². The summed E-state index contributed by atoms with van der Waals surface area (Å²) in [7, 11) is -1.83. The summed E-state index contributed by atoms with van der Waals surface area (Å²) in [5, 5.41) is 5.95. The summed E-state index contributed by atoms with van der Waals surface area (Å²) in [4.78, 5) is 8.67. The van der Waals surface area contributed by atoms with Crippen molar-refractivity contribution in [3.63, 3.8) is 0 Å². The quantitative estimate of drug-likeness (QED) is 0.209. The van der Waals surface area contributed by atoms with Crippen LogP contribution in [0.1, 0.15) is 42.8 Å². The summed E-state index contributed by atoms with van der Waals surface area (Å²) < 4.78 is 100. The third-order valence-electron chi connectivity index (χ3n) is 5.95. The van der Waals surface area contributed by atoms with Gasteiger partial charge >= 0.3 is 6.18 Å². The van der Waals surface area contributed by atoms with Crippen LogP contribution >= 0.6 is 7.14 Å². The molecule has 0 fully saturated rings. The number of alkyl halides is 5. The fourth-order valence-electron chi connectivity index (χ4n) is 4.05. The second-order valence-electron chi connectivity index (χ2n) is 9.29. The van der Waals surface area contributed by atoms with E-state index in [0.29, 0.717) is 5.39 Å². The third kappa shape index (κ3) is 6.77. The molecule has 0 saturated carbocycles. The molecule has 2 N–H and O–H groups in total. The van der Waals surface area contributed by atoms with Crippen LogP contribution in [0.5, 0.6) is 0 Å². The molecule has 2 atom stereocenters. The van der Waals surface area contributed by atoms with Crippen molar-refractivity contribution in [1.29, 1.82) is 0 Å². The Morgan fingerprint density at radius 3 is 2.32 bits per heavy atom. The highest BCUT2D eigenvalue weighted by Crippen LogP contribution is 2.41. The third-order valence-corrected chi connectivity index (χ3v) is 7.48. The van der Waals surface area contributed by atoms with Gasteiger partial charge in [0.2, 0.25) is 0 Å². The fraction of sp³-hybridized carbons (Fsp3) is 0.440. The summed E-state index contributed by atoms with van der Waals surface area (Å²) >= 11 is 0. The molecule has 3 rings (SSSR count). The summed E-state index contributed by atoms with van der Waals surface area (Å²) in [6.45, 7) is 5.82. The van der Waals surface area contributed by atoms with E-state index in [1.54, 1.807) is 13.8 Å². The maximum Gasteiger partial charge on any atom is 0.408 e. The number of nitrogens with zero attached hydrogens (tertiary/aromatic N) is 2. The monoisotopic (exact) mass is 562 g/mol. The standard InChI is InChI=1S/C25H29F6N4O2P/c1-13(15-7-6-8-16(22(15)26)23(27)28)32-24-17-11-20(38(4,5)36)19(12-18(17)33-14(2)34-24)35-21(9-10-37-3)25(29,30)31/h6-8,11-13,21,23,35H,9-10H2,1-5H3,(H,32,33,34). The number of nitrogens with one attached hydrogen (secondary N) is 2. The fourth-order valence-corrected chi connectivity index (χ4v) is 5.20. The lowest BCUT2D eigenvalue weighted by Gasteiger charge is -2.25. The van der Waals surface area contributed by atoms with Gasteiger partial charge in [-0.1, -0.05) is 18.2 Å². The van der Waals surface area contributed by atoms with Gasteiger partial charge in [-0.05, 0) is 45.7 Å². The van der Waals surface area contributed by atoms with E-state index in [1.165, 1.54) is 44.7 Å². The number of aromatic nitrogens is 2. The summed E-state index contributed by atoms with van der Waals surface area (Å²) in [5.41, 5.74) is -0.490.